The van der Waals surface area contributed by atoms with Crippen molar-refractivity contribution in [1.82, 2.24) is 0 Å². The van der Waals surface area contributed by atoms with Crippen LogP contribution in [0, 0.1) is 13.8 Å². The second-order valence-corrected chi connectivity index (χ2v) is 2.96. The number of benzene rings is 1. The second-order valence-electron chi connectivity index (χ2n) is 2.96. The molecule has 2 nitrogen and oxygen atoms in total. The van der Waals surface area contributed by atoms with Gasteiger partial charge in [0.05, 0.1) is 13.2 Å². The quantitative estimate of drug-likeness (QED) is 0.695. The van der Waals surface area contributed by atoms with Crippen molar-refractivity contribution in [3.05, 3.63) is 34.4 Å². The van der Waals surface area contributed by atoms with E-state index in [4.69, 9.17) is 10.2 Å². The molecule has 0 heterocycles. The van der Waals surface area contributed by atoms with Crippen molar-refractivity contribution in [2.24, 2.45) is 0 Å². The molecular formula is C10H14O2. The predicted molar refractivity (Wildman–Crippen MR) is 47.8 cm³/mol. The molecule has 0 spiro atoms. The lowest BCUT2D eigenvalue weighted by Crippen LogP contribution is -1.98. The molecular weight excluding hydrogens is 152 g/mol. The summed E-state index contributed by atoms with van der Waals surface area (Å²) < 4.78 is 0. The summed E-state index contributed by atoms with van der Waals surface area (Å²) in [5.74, 6) is 0. The lowest BCUT2D eigenvalue weighted by Gasteiger charge is -2.10. The fourth-order valence-electron chi connectivity index (χ4n) is 1.36. The molecule has 0 atom stereocenters. The molecule has 66 valence electrons. The standard InChI is InChI=1S/C10H14O2/c1-7-3-4-9(5-11)8(2)10(7)6-12/h3-4,11-12H,5-6H2,1-2H3. The van der Waals surface area contributed by atoms with E-state index in [0.717, 1.165) is 22.3 Å². The molecule has 12 heavy (non-hydrogen) atoms. The van der Waals surface area contributed by atoms with Gasteiger partial charge in [0.2, 0.25) is 0 Å². The van der Waals surface area contributed by atoms with E-state index in [0.29, 0.717) is 0 Å². The Labute approximate surface area is 72.5 Å². The van der Waals surface area contributed by atoms with Crippen LogP contribution in [0.3, 0.4) is 0 Å². The Morgan fingerprint density at radius 2 is 1.75 bits per heavy atom. The van der Waals surface area contributed by atoms with Crippen molar-refractivity contribution in [3.8, 4) is 0 Å². The Morgan fingerprint density at radius 3 is 2.25 bits per heavy atom. The maximum Gasteiger partial charge on any atom is 0.0687 e. The van der Waals surface area contributed by atoms with Crippen LogP contribution in [-0.2, 0) is 13.2 Å². The number of aliphatic hydroxyl groups is 2. The molecule has 0 saturated heterocycles. The van der Waals surface area contributed by atoms with Crippen LogP contribution in [0.5, 0.6) is 0 Å². The van der Waals surface area contributed by atoms with Gasteiger partial charge < -0.3 is 10.2 Å². The predicted octanol–water partition coefficient (Wildman–Crippen LogP) is 1.29. The molecule has 0 amide bonds. The van der Waals surface area contributed by atoms with Gasteiger partial charge in [0, 0.05) is 0 Å². The molecule has 0 bridgehead atoms. The van der Waals surface area contributed by atoms with Gasteiger partial charge >= 0.3 is 0 Å². The maximum atomic E-state index is 9.04. The highest BCUT2D eigenvalue weighted by molar-refractivity contribution is 5.38. The summed E-state index contributed by atoms with van der Waals surface area (Å²) >= 11 is 0. The molecule has 0 fully saturated rings. The van der Waals surface area contributed by atoms with Crippen LogP contribution in [0.1, 0.15) is 22.3 Å². The van der Waals surface area contributed by atoms with Gasteiger partial charge in [0.15, 0.2) is 0 Å². The Morgan fingerprint density at radius 1 is 1.08 bits per heavy atom. The summed E-state index contributed by atoms with van der Waals surface area (Å²) in [6.45, 7) is 3.97. The van der Waals surface area contributed by atoms with Crippen molar-refractivity contribution >= 4 is 0 Å². The molecule has 0 saturated carbocycles. The van der Waals surface area contributed by atoms with Gasteiger partial charge in [-0.3, -0.25) is 0 Å². The van der Waals surface area contributed by atoms with E-state index in [1.807, 2.05) is 26.0 Å². The van der Waals surface area contributed by atoms with Crippen LogP contribution in [-0.4, -0.2) is 10.2 Å². The van der Waals surface area contributed by atoms with Crippen molar-refractivity contribution in [2.75, 3.05) is 0 Å². The summed E-state index contributed by atoms with van der Waals surface area (Å²) in [6, 6.07) is 3.81. The van der Waals surface area contributed by atoms with Crippen molar-refractivity contribution in [3.63, 3.8) is 0 Å². The number of hydrogen-bond donors (Lipinski definition) is 2. The third-order valence-electron chi connectivity index (χ3n) is 2.27. The zero-order valence-corrected chi connectivity index (χ0v) is 7.46. The highest BCUT2D eigenvalue weighted by atomic mass is 16.3. The summed E-state index contributed by atoms with van der Waals surface area (Å²) in [7, 11) is 0. The Hall–Kier alpha value is -0.860. The molecule has 0 aliphatic heterocycles. The lowest BCUT2D eigenvalue weighted by atomic mass is 9.99. The number of rotatable bonds is 2. The molecule has 0 unspecified atom stereocenters. The summed E-state index contributed by atoms with van der Waals surface area (Å²) in [5, 5.41) is 18.0. The number of hydrogen-bond acceptors (Lipinski definition) is 2. The third-order valence-corrected chi connectivity index (χ3v) is 2.27. The normalized spacial score (nSPS) is 10.3. The van der Waals surface area contributed by atoms with Gasteiger partial charge in [0.1, 0.15) is 0 Å². The first-order chi connectivity index (χ1) is 5.70. The smallest absolute Gasteiger partial charge is 0.0687 e. The van der Waals surface area contributed by atoms with E-state index in [1.165, 1.54) is 0 Å². The fraction of sp³-hybridized carbons (Fsp3) is 0.400. The number of aliphatic hydroxyl groups excluding tert-OH is 2. The van der Waals surface area contributed by atoms with E-state index >= 15 is 0 Å². The minimum Gasteiger partial charge on any atom is -0.392 e. The van der Waals surface area contributed by atoms with E-state index in [-0.39, 0.29) is 13.2 Å². The minimum atomic E-state index is 0.0408. The van der Waals surface area contributed by atoms with E-state index in [9.17, 15) is 0 Å². The Bertz CT molecular complexity index is 279. The molecule has 2 N–H and O–H groups in total. The molecule has 1 aromatic rings. The van der Waals surface area contributed by atoms with Gasteiger partial charge in [-0.25, -0.2) is 0 Å². The topological polar surface area (TPSA) is 40.5 Å². The van der Waals surface area contributed by atoms with Crippen LogP contribution >= 0.6 is 0 Å². The molecule has 1 rings (SSSR count). The molecule has 0 aliphatic rings. The molecule has 0 radical (unpaired) electrons. The fourth-order valence-corrected chi connectivity index (χ4v) is 1.36. The largest absolute Gasteiger partial charge is 0.392 e. The summed E-state index contributed by atoms with van der Waals surface area (Å²) in [4.78, 5) is 0. The van der Waals surface area contributed by atoms with Gasteiger partial charge in [-0.2, -0.15) is 0 Å². The average molecular weight is 166 g/mol. The van der Waals surface area contributed by atoms with E-state index < -0.39 is 0 Å². The van der Waals surface area contributed by atoms with Gasteiger partial charge in [-0.1, -0.05) is 12.1 Å². The van der Waals surface area contributed by atoms with Crippen LogP contribution in [0.4, 0.5) is 0 Å². The first-order valence-corrected chi connectivity index (χ1v) is 4.00. The Balaban J connectivity index is 3.24. The first kappa shape index (κ1) is 9.23. The minimum absolute atomic E-state index is 0.0408. The molecule has 0 aliphatic carbocycles. The van der Waals surface area contributed by atoms with E-state index in [2.05, 4.69) is 0 Å². The van der Waals surface area contributed by atoms with Crippen molar-refractivity contribution in [2.45, 2.75) is 27.1 Å². The van der Waals surface area contributed by atoms with Crippen LogP contribution < -0.4 is 0 Å². The monoisotopic (exact) mass is 166 g/mol. The lowest BCUT2D eigenvalue weighted by molar-refractivity contribution is 0.273. The Kier molecular flexibility index (Phi) is 2.84. The second kappa shape index (κ2) is 3.70. The van der Waals surface area contributed by atoms with Crippen LogP contribution in [0.15, 0.2) is 12.1 Å². The van der Waals surface area contributed by atoms with Crippen LogP contribution in [0.25, 0.3) is 0 Å². The molecule has 2 heteroatoms. The van der Waals surface area contributed by atoms with Crippen LogP contribution in [0.2, 0.25) is 0 Å². The molecule has 0 aromatic heterocycles. The number of aryl methyl sites for hydroxylation is 1. The zero-order valence-electron chi connectivity index (χ0n) is 7.46. The van der Waals surface area contributed by atoms with Gasteiger partial charge in [-0.05, 0) is 36.1 Å². The maximum absolute atomic E-state index is 9.04. The average Bonchev–Trinajstić information content (AvgIpc) is 2.06. The van der Waals surface area contributed by atoms with Gasteiger partial charge in [-0.15, -0.1) is 0 Å². The van der Waals surface area contributed by atoms with E-state index in [1.54, 1.807) is 0 Å². The summed E-state index contributed by atoms with van der Waals surface area (Å²) in [6.07, 6.45) is 0. The summed E-state index contributed by atoms with van der Waals surface area (Å²) in [5.41, 5.74) is 3.90. The van der Waals surface area contributed by atoms with Crippen molar-refractivity contribution in [1.29, 1.82) is 0 Å². The SMILES string of the molecule is Cc1ccc(CO)c(C)c1CO. The molecule has 1 aromatic carbocycles. The van der Waals surface area contributed by atoms with Gasteiger partial charge in [0.25, 0.3) is 0 Å². The third kappa shape index (κ3) is 1.49. The first-order valence-electron chi connectivity index (χ1n) is 4.00. The zero-order chi connectivity index (χ0) is 9.14. The highest BCUT2D eigenvalue weighted by Gasteiger charge is 2.04. The highest BCUT2D eigenvalue weighted by Crippen LogP contribution is 2.17. The van der Waals surface area contributed by atoms with Crippen molar-refractivity contribution < 1.29 is 10.2 Å².